The van der Waals surface area contributed by atoms with Crippen molar-refractivity contribution < 1.29 is 19.4 Å². The van der Waals surface area contributed by atoms with E-state index in [0.717, 1.165) is 0 Å². The van der Waals surface area contributed by atoms with Crippen molar-refractivity contribution in [1.29, 1.82) is 0 Å². The van der Waals surface area contributed by atoms with Gasteiger partial charge in [0.05, 0.1) is 18.8 Å². The van der Waals surface area contributed by atoms with Crippen LogP contribution in [0.25, 0.3) is 0 Å². The molecule has 6 heteroatoms. The predicted molar refractivity (Wildman–Crippen MR) is 56.1 cm³/mol. The highest BCUT2D eigenvalue weighted by molar-refractivity contribution is 5.69. The van der Waals surface area contributed by atoms with Crippen LogP contribution in [0.15, 0.2) is 18.7 Å². The van der Waals surface area contributed by atoms with Gasteiger partial charge < -0.3 is 14.6 Å². The van der Waals surface area contributed by atoms with Gasteiger partial charge in [-0.2, -0.15) is 0 Å². The topological polar surface area (TPSA) is 73.6 Å². The fourth-order valence-electron chi connectivity index (χ4n) is 0.934. The molecule has 0 aromatic carbocycles. The molecule has 0 saturated heterocycles. The molecule has 1 aromatic heterocycles. The van der Waals surface area contributed by atoms with E-state index in [1.54, 1.807) is 13.8 Å². The van der Waals surface area contributed by atoms with E-state index in [0.29, 0.717) is 0 Å². The van der Waals surface area contributed by atoms with Crippen molar-refractivity contribution in [3.63, 3.8) is 0 Å². The monoisotopic (exact) mass is 228 g/mol. The van der Waals surface area contributed by atoms with Gasteiger partial charge in [0.1, 0.15) is 12.9 Å². The van der Waals surface area contributed by atoms with Crippen molar-refractivity contribution in [3.05, 3.63) is 18.7 Å². The van der Waals surface area contributed by atoms with E-state index in [9.17, 15) is 4.79 Å². The van der Waals surface area contributed by atoms with E-state index in [-0.39, 0.29) is 19.8 Å². The smallest absolute Gasteiger partial charge is 0.419 e. The standard InChI is InChI=1S/C10H16N2O4/c1-10(2,7-13)16-6-5-15-9(14)12-4-3-11-8-12/h3-4,8,13H,5-7H2,1-2H3. The number of hydrogen-bond acceptors (Lipinski definition) is 5. The molecule has 0 bridgehead atoms. The van der Waals surface area contributed by atoms with E-state index in [1.807, 2.05) is 0 Å². The molecule has 1 rings (SSSR count). The number of nitrogens with zero attached hydrogens (tertiary/aromatic N) is 2. The van der Waals surface area contributed by atoms with Gasteiger partial charge in [0.15, 0.2) is 0 Å². The number of aliphatic hydroxyl groups is 1. The van der Waals surface area contributed by atoms with Gasteiger partial charge in [-0.05, 0) is 13.8 Å². The summed E-state index contributed by atoms with van der Waals surface area (Å²) >= 11 is 0. The zero-order valence-electron chi connectivity index (χ0n) is 9.42. The second-order valence-electron chi connectivity index (χ2n) is 3.85. The highest BCUT2D eigenvalue weighted by Gasteiger charge is 2.16. The summed E-state index contributed by atoms with van der Waals surface area (Å²) in [6, 6.07) is 0. The van der Waals surface area contributed by atoms with Gasteiger partial charge in [0.2, 0.25) is 0 Å². The quantitative estimate of drug-likeness (QED) is 0.749. The van der Waals surface area contributed by atoms with Crippen molar-refractivity contribution in [1.82, 2.24) is 9.55 Å². The van der Waals surface area contributed by atoms with E-state index >= 15 is 0 Å². The van der Waals surface area contributed by atoms with Crippen LogP contribution in [0, 0.1) is 0 Å². The van der Waals surface area contributed by atoms with Crippen LogP contribution in [0.2, 0.25) is 0 Å². The molecule has 0 radical (unpaired) electrons. The summed E-state index contributed by atoms with van der Waals surface area (Å²) in [6.45, 7) is 3.81. The SMILES string of the molecule is CC(C)(CO)OCCOC(=O)n1ccnc1. The summed E-state index contributed by atoms with van der Waals surface area (Å²) in [6.07, 6.45) is 3.86. The van der Waals surface area contributed by atoms with Gasteiger partial charge >= 0.3 is 6.09 Å². The van der Waals surface area contributed by atoms with Gasteiger partial charge in [-0.1, -0.05) is 0 Å². The molecule has 0 saturated carbocycles. The van der Waals surface area contributed by atoms with Gasteiger partial charge in [-0.25, -0.2) is 14.3 Å². The van der Waals surface area contributed by atoms with Crippen LogP contribution in [0.4, 0.5) is 4.79 Å². The maximum absolute atomic E-state index is 11.3. The number of ether oxygens (including phenoxy) is 2. The molecule has 6 nitrogen and oxygen atoms in total. The second-order valence-corrected chi connectivity index (χ2v) is 3.85. The van der Waals surface area contributed by atoms with E-state index in [4.69, 9.17) is 14.6 Å². The Hall–Kier alpha value is -1.40. The first kappa shape index (κ1) is 12.7. The van der Waals surface area contributed by atoms with Crippen LogP contribution in [-0.2, 0) is 9.47 Å². The Morgan fingerprint density at radius 2 is 2.25 bits per heavy atom. The van der Waals surface area contributed by atoms with E-state index in [1.165, 1.54) is 23.3 Å². The highest BCUT2D eigenvalue weighted by Crippen LogP contribution is 2.06. The van der Waals surface area contributed by atoms with E-state index < -0.39 is 11.7 Å². The maximum atomic E-state index is 11.3. The number of imidazole rings is 1. The molecule has 0 atom stereocenters. The fraction of sp³-hybridized carbons (Fsp3) is 0.600. The average molecular weight is 228 g/mol. The number of hydrogen-bond donors (Lipinski definition) is 1. The summed E-state index contributed by atoms with van der Waals surface area (Å²) in [5.41, 5.74) is -0.610. The zero-order valence-corrected chi connectivity index (χ0v) is 9.42. The Morgan fingerprint density at radius 1 is 1.50 bits per heavy atom. The summed E-state index contributed by atoms with van der Waals surface area (Å²) in [5.74, 6) is 0. The number of aromatic nitrogens is 2. The molecule has 0 aliphatic heterocycles. The van der Waals surface area contributed by atoms with Crippen LogP contribution in [0.1, 0.15) is 13.8 Å². The Bertz CT molecular complexity index is 322. The summed E-state index contributed by atoms with van der Waals surface area (Å²) < 4.78 is 11.4. The van der Waals surface area contributed by atoms with E-state index in [2.05, 4.69) is 4.98 Å². The Labute approximate surface area is 93.8 Å². The predicted octanol–water partition coefficient (Wildman–Crippen LogP) is 0.655. The molecule has 90 valence electrons. The number of carbonyl (C=O) groups is 1. The summed E-state index contributed by atoms with van der Waals surface area (Å²) in [7, 11) is 0. The van der Waals surface area contributed by atoms with Gasteiger partial charge in [-0.3, -0.25) is 0 Å². The molecule has 0 aliphatic carbocycles. The molecule has 16 heavy (non-hydrogen) atoms. The lowest BCUT2D eigenvalue weighted by atomic mass is 10.1. The summed E-state index contributed by atoms with van der Waals surface area (Å²) in [4.78, 5) is 15.0. The molecule has 0 aliphatic rings. The van der Waals surface area contributed by atoms with Crippen molar-refractivity contribution in [2.45, 2.75) is 19.4 Å². The van der Waals surface area contributed by atoms with Gasteiger partial charge in [-0.15, -0.1) is 0 Å². The third kappa shape index (κ3) is 4.00. The number of rotatable bonds is 5. The fourth-order valence-corrected chi connectivity index (χ4v) is 0.934. The molecular weight excluding hydrogens is 212 g/mol. The summed E-state index contributed by atoms with van der Waals surface area (Å²) in [5, 5.41) is 8.91. The largest absolute Gasteiger partial charge is 0.446 e. The molecule has 0 spiro atoms. The molecule has 1 N–H and O–H groups in total. The maximum Gasteiger partial charge on any atom is 0.419 e. The van der Waals surface area contributed by atoms with Crippen molar-refractivity contribution in [3.8, 4) is 0 Å². The lowest BCUT2D eigenvalue weighted by Crippen LogP contribution is -2.31. The van der Waals surface area contributed by atoms with Crippen LogP contribution >= 0.6 is 0 Å². The van der Waals surface area contributed by atoms with Crippen LogP contribution in [-0.4, -0.2) is 46.2 Å². The minimum Gasteiger partial charge on any atom is -0.446 e. The Morgan fingerprint density at radius 3 is 2.81 bits per heavy atom. The van der Waals surface area contributed by atoms with Crippen LogP contribution < -0.4 is 0 Å². The van der Waals surface area contributed by atoms with Crippen molar-refractivity contribution in [2.24, 2.45) is 0 Å². The first-order valence-electron chi connectivity index (χ1n) is 4.95. The van der Waals surface area contributed by atoms with Crippen LogP contribution in [0.3, 0.4) is 0 Å². The minimum atomic E-state index is -0.610. The number of carbonyl (C=O) groups excluding carboxylic acids is 1. The molecular formula is C10H16N2O4. The first-order valence-corrected chi connectivity index (χ1v) is 4.95. The molecule has 0 amide bonds. The lowest BCUT2D eigenvalue weighted by molar-refractivity contribution is -0.0653. The first-order chi connectivity index (χ1) is 7.55. The van der Waals surface area contributed by atoms with Gasteiger partial charge in [0, 0.05) is 12.4 Å². The Kier molecular flexibility index (Phi) is 4.45. The molecule has 0 fully saturated rings. The highest BCUT2D eigenvalue weighted by atomic mass is 16.6. The molecule has 1 aromatic rings. The zero-order chi connectivity index (χ0) is 12.0. The molecule has 1 heterocycles. The average Bonchev–Trinajstić information content (AvgIpc) is 2.77. The third-order valence-electron chi connectivity index (χ3n) is 1.90. The lowest BCUT2D eigenvalue weighted by Gasteiger charge is -2.22. The molecule has 0 unspecified atom stereocenters. The van der Waals surface area contributed by atoms with Crippen LogP contribution in [0.5, 0.6) is 0 Å². The second kappa shape index (κ2) is 5.62. The van der Waals surface area contributed by atoms with Crippen molar-refractivity contribution in [2.75, 3.05) is 19.8 Å². The van der Waals surface area contributed by atoms with Gasteiger partial charge in [0.25, 0.3) is 0 Å². The minimum absolute atomic E-state index is 0.0809. The normalized spacial score (nSPS) is 11.4. The Balaban J connectivity index is 2.19. The van der Waals surface area contributed by atoms with Crippen molar-refractivity contribution >= 4 is 6.09 Å². The third-order valence-corrected chi connectivity index (χ3v) is 1.90. The number of aliphatic hydroxyl groups excluding tert-OH is 1.